The van der Waals surface area contributed by atoms with Gasteiger partial charge in [-0.15, -0.1) is 11.6 Å². The molecule has 1 aromatic rings. The summed E-state index contributed by atoms with van der Waals surface area (Å²) in [5, 5.41) is 8.87. The van der Waals surface area contributed by atoms with Crippen LogP contribution in [0.3, 0.4) is 0 Å². The van der Waals surface area contributed by atoms with Crippen molar-refractivity contribution in [2.45, 2.75) is 32.0 Å². The normalized spacial score (nSPS) is 13.0. The van der Waals surface area contributed by atoms with Gasteiger partial charge in [-0.1, -0.05) is 18.2 Å². The average molecular weight is 338 g/mol. The van der Waals surface area contributed by atoms with E-state index >= 15 is 0 Å². The number of aliphatic hydroxyl groups excluding tert-OH is 1. The summed E-state index contributed by atoms with van der Waals surface area (Å²) in [4.78, 5) is 13.3. The predicted octanol–water partition coefficient (Wildman–Crippen LogP) is 3.09. The van der Waals surface area contributed by atoms with E-state index in [1.54, 1.807) is 13.0 Å². The fourth-order valence-corrected chi connectivity index (χ4v) is 2.39. The minimum atomic E-state index is -4.39. The third kappa shape index (κ3) is 5.50. The standard InChI is InChI=1S/C15H19ClF3NO2/c1-11(20(6-3-7-21)14(22)10-16)8-12-4-2-5-13(9-12)15(17,18)19/h2,4-5,9,11,21H,3,6-8,10H2,1H3. The van der Waals surface area contributed by atoms with Gasteiger partial charge in [-0.2, -0.15) is 13.2 Å². The Hall–Kier alpha value is -1.27. The highest BCUT2D eigenvalue weighted by Gasteiger charge is 2.30. The molecule has 22 heavy (non-hydrogen) atoms. The van der Waals surface area contributed by atoms with Gasteiger partial charge in [0.25, 0.3) is 0 Å². The summed E-state index contributed by atoms with van der Waals surface area (Å²) >= 11 is 5.56. The van der Waals surface area contributed by atoms with Crippen LogP contribution in [0.25, 0.3) is 0 Å². The Bertz CT molecular complexity index is 494. The van der Waals surface area contributed by atoms with Gasteiger partial charge in [0.2, 0.25) is 5.91 Å². The second kappa shape index (κ2) is 8.39. The molecular weight excluding hydrogens is 319 g/mol. The first-order valence-electron chi connectivity index (χ1n) is 6.92. The molecule has 0 spiro atoms. The van der Waals surface area contributed by atoms with Crippen molar-refractivity contribution in [2.75, 3.05) is 19.0 Å². The Labute approximate surface area is 132 Å². The fraction of sp³-hybridized carbons (Fsp3) is 0.533. The summed E-state index contributed by atoms with van der Waals surface area (Å²) in [6.45, 7) is 2.01. The highest BCUT2D eigenvalue weighted by atomic mass is 35.5. The zero-order valence-electron chi connectivity index (χ0n) is 12.2. The molecule has 0 aliphatic heterocycles. The van der Waals surface area contributed by atoms with Crippen LogP contribution in [-0.4, -0.2) is 41.0 Å². The number of halogens is 4. The number of carbonyl (C=O) groups is 1. The molecule has 0 saturated heterocycles. The van der Waals surface area contributed by atoms with E-state index in [1.807, 2.05) is 0 Å². The van der Waals surface area contributed by atoms with E-state index in [4.69, 9.17) is 16.7 Å². The molecule has 124 valence electrons. The van der Waals surface area contributed by atoms with Crippen molar-refractivity contribution in [2.24, 2.45) is 0 Å². The van der Waals surface area contributed by atoms with Gasteiger partial charge in [0, 0.05) is 19.2 Å². The molecule has 1 amide bonds. The molecule has 0 fully saturated rings. The Morgan fingerprint density at radius 3 is 2.64 bits per heavy atom. The summed E-state index contributed by atoms with van der Waals surface area (Å²) in [5.41, 5.74) is -0.207. The zero-order valence-corrected chi connectivity index (χ0v) is 13.0. The number of carbonyl (C=O) groups excluding carboxylic acids is 1. The molecular formula is C15H19ClF3NO2. The molecule has 0 saturated carbocycles. The van der Waals surface area contributed by atoms with Gasteiger partial charge < -0.3 is 10.0 Å². The molecule has 0 radical (unpaired) electrons. The Morgan fingerprint density at radius 2 is 2.09 bits per heavy atom. The smallest absolute Gasteiger partial charge is 0.396 e. The molecule has 3 nitrogen and oxygen atoms in total. The monoisotopic (exact) mass is 337 g/mol. The van der Waals surface area contributed by atoms with E-state index in [2.05, 4.69) is 0 Å². The molecule has 1 unspecified atom stereocenters. The van der Waals surface area contributed by atoms with E-state index < -0.39 is 11.7 Å². The number of benzene rings is 1. The van der Waals surface area contributed by atoms with Crippen LogP contribution >= 0.6 is 11.6 Å². The molecule has 7 heteroatoms. The van der Waals surface area contributed by atoms with Crippen LogP contribution < -0.4 is 0 Å². The van der Waals surface area contributed by atoms with Gasteiger partial charge in [-0.3, -0.25) is 4.79 Å². The molecule has 0 heterocycles. The molecule has 1 atom stereocenters. The van der Waals surface area contributed by atoms with Crippen LogP contribution in [0.5, 0.6) is 0 Å². The summed E-state index contributed by atoms with van der Waals surface area (Å²) < 4.78 is 38.1. The molecule has 0 bridgehead atoms. The second-order valence-corrected chi connectivity index (χ2v) is 5.32. The number of rotatable bonds is 7. The highest BCUT2D eigenvalue weighted by Crippen LogP contribution is 2.29. The first-order chi connectivity index (χ1) is 10.3. The lowest BCUT2D eigenvalue weighted by atomic mass is 10.0. The van der Waals surface area contributed by atoms with Gasteiger partial charge in [0.05, 0.1) is 5.56 Å². The van der Waals surface area contributed by atoms with E-state index in [0.29, 0.717) is 18.5 Å². The lowest BCUT2D eigenvalue weighted by Crippen LogP contribution is -2.41. The summed E-state index contributed by atoms with van der Waals surface area (Å²) in [5.74, 6) is -0.493. The Kier molecular flexibility index (Phi) is 7.16. The fourth-order valence-electron chi connectivity index (χ4n) is 2.23. The van der Waals surface area contributed by atoms with Crippen LogP contribution in [0.15, 0.2) is 24.3 Å². The van der Waals surface area contributed by atoms with E-state index in [-0.39, 0.29) is 30.9 Å². The molecule has 1 N–H and O–H groups in total. The molecule has 1 aromatic carbocycles. The van der Waals surface area contributed by atoms with Crippen LogP contribution in [0.1, 0.15) is 24.5 Å². The average Bonchev–Trinajstić information content (AvgIpc) is 2.46. The number of hydrogen-bond acceptors (Lipinski definition) is 2. The quantitative estimate of drug-likeness (QED) is 0.777. The maximum absolute atomic E-state index is 12.7. The molecule has 1 rings (SSSR count). The predicted molar refractivity (Wildman–Crippen MR) is 78.7 cm³/mol. The van der Waals surface area contributed by atoms with Crippen molar-refractivity contribution in [3.63, 3.8) is 0 Å². The Morgan fingerprint density at radius 1 is 1.41 bits per heavy atom. The number of hydrogen-bond donors (Lipinski definition) is 1. The maximum Gasteiger partial charge on any atom is 0.416 e. The van der Waals surface area contributed by atoms with Crippen molar-refractivity contribution in [1.82, 2.24) is 4.90 Å². The number of amides is 1. The van der Waals surface area contributed by atoms with Crippen LogP contribution in [-0.2, 0) is 17.4 Å². The third-order valence-corrected chi connectivity index (χ3v) is 3.54. The maximum atomic E-state index is 12.7. The summed E-state index contributed by atoms with van der Waals surface area (Å²) in [6, 6.07) is 4.75. The third-order valence-electron chi connectivity index (χ3n) is 3.31. The number of nitrogens with zero attached hydrogens (tertiary/aromatic N) is 1. The molecule has 0 aliphatic carbocycles. The van der Waals surface area contributed by atoms with Gasteiger partial charge in [-0.05, 0) is 31.4 Å². The van der Waals surface area contributed by atoms with Crippen molar-refractivity contribution in [1.29, 1.82) is 0 Å². The largest absolute Gasteiger partial charge is 0.416 e. The zero-order chi connectivity index (χ0) is 16.8. The minimum absolute atomic E-state index is 0.0671. The van der Waals surface area contributed by atoms with Crippen molar-refractivity contribution in [3.8, 4) is 0 Å². The first-order valence-corrected chi connectivity index (χ1v) is 7.45. The van der Waals surface area contributed by atoms with E-state index in [0.717, 1.165) is 12.1 Å². The van der Waals surface area contributed by atoms with Gasteiger partial charge >= 0.3 is 6.18 Å². The summed E-state index contributed by atoms with van der Waals surface area (Å²) in [7, 11) is 0. The van der Waals surface area contributed by atoms with Crippen molar-refractivity contribution >= 4 is 17.5 Å². The van der Waals surface area contributed by atoms with Gasteiger partial charge in [0.15, 0.2) is 0 Å². The topological polar surface area (TPSA) is 40.5 Å². The molecule has 0 aliphatic rings. The van der Waals surface area contributed by atoms with Crippen LogP contribution in [0, 0.1) is 0 Å². The van der Waals surface area contributed by atoms with Gasteiger partial charge in [0.1, 0.15) is 5.88 Å². The van der Waals surface area contributed by atoms with Crippen molar-refractivity contribution < 1.29 is 23.1 Å². The summed E-state index contributed by atoms with van der Waals surface area (Å²) in [6.07, 6.45) is -3.70. The lowest BCUT2D eigenvalue weighted by molar-refractivity contribution is -0.137. The van der Waals surface area contributed by atoms with E-state index in [9.17, 15) is 18.0 Å². The molecule has 0 aromatic heterocycles. The van der Waals surface area contributed by atoms with Crippen LogP contribution in [0.4, 0.5) is 13.2 Å². The van der Waals surface area contributed by atoms with Crippen molar-refractivity contribution in [3.05, 3.63) is 35.4 Å². The van der Waals surface area contributed by atoms with E-state index in [1.165, 1.54) is 11.0 Å². The lowest BCUT2D eigenvalue weighted by Gasteiger charge is -2.29. The van der Waals surface area contributed by atoms with Crippen LogP contribution in [0.2, 0.25) is 0 Å². The van der Waals surface area contributed by atoms with Gasteiger partial charge in [-0.25, -0.2) is 0 Å². The highest BCUT2D eigenvalue weighted by molar-refractivity contribution is 6.27. The minimum Gasteiger partial charge on any atom is -0.396 e. The number of alkyl halides is 4. The number of aliphatic hydroxyl groups is 1. The SMILES string of the molecule is CC(Cc1cccc(C(F)(F)F)c1)N(CCCO)C(=O)CCl. The Balaban J connectivity index is 2.84. The first kappa shape index (κ1) is 18.8. The second-order valence-electron chi connectivity index (χ2n) is 5.05.